The molecule has 0 spiro atoms. The molecule has 0 unspecified atom stereocenters. The molecule has 1 heterocycles. The van der Waals surface area contributed by atoms with Crippen molar-refractivity contribution in [1.29, 1.82) is 0 Å². The third-order valence-corrected chi connectivity index (χ3v) is 11.9. The van der Waals surface area contributed by atoms with Gasteiger partial charge >= 0.3 is 0 Å². The van der Waals surface area contributed by atoms with E-state index in [2.05, 4.69) is 212 Å². The van der Waals surface area contributed by atoms with Crippen LogP contribution in [0.5, 0.6) is 0 Å². The molecule has 0 atom stereocenters. The topological polar surface area (TPSA) is 4.93 Å². The minimum atomic E-state index is -0.0571. The van der Waals surface area contributed by atoms with Crippen molar-refractivity contribution in [1.82, 2.24) is 4.57 Å². The molecule has 54 heavy (non-hydrogen) atoms. The summed E-state index contributed by atoms with van der Waals surface area (Å²) in [7, 11) is 0. The summed E-state index contributed by atoms with van der Waals surface area (Å²) in [6.07, 6.45) is 0. The second-order valence-electron chi connectivity index (χ2n) is 17.9. The molecule has 0 radical (unpaired) electrons. The lowest BCUT2D eigenvalue weighted by Crippen LogP contribution is -2.19. The molecule has 0 bridgehead atoms. The fourth-order valence-corrected chi connectivity index (χ4v) is 8.82. The van der Waals surface area contributed by atoms with E-state index in [-0.39, 0.29) is 16.2 Å². The summed E-state index contributed by atoms with van der Waals surface area (Å²) >= 11 is 0. The fourth-order valence-electron chi connectivity index (χ4n) is 8.82. The zero-order valence-corrected chi connectivity index (χ0v) is 32.9. The second kappa shape index (κ2) is 12.2. The van der Waals surface area contributed by atoms with Gasteiger partial charge in [0, 0.05) is 21.9 Å². The van der Waals surface area contributed by atoms with E-state index in [1.165, 1.54) is 94.3 Å². The van der Waals surface area contributed by atoms with Crippen molar-refractivity contribution in [2.24, 2.45) is 0 Å². The van der Waals surface area contributed by atoms with Gasteiger partial charge in [-0.25, -0.2) is 0 Å². The van der Waals surface area contributed by atoms with Crippen LogP contribution in [0.25, 0.3) is 72.0 Å². The number of rotatable bonds is 4. The molecular formula is C53H49N. The number of nitrogens with zero attached hydrogens (tertiary/aromatic N) is 1. The Morgan fingerprint density at radius 3 is 1.50 bits per heavy atom. The number of para-hydroxylation sites is 1. The highest BCUT2D eigenvalue weighted by Crippen LogP contribution is 2.52. The molecule has 1 aliphatic carbocycles. The lowest BCUT2D eigenvalue weighted by Gasteiger charge is -2.28. The van der Waals surface area contributed by atoms with Gasteiger partial charge in [0.1, 0.15) is 0 Å². The molecule has 1 aliphatic rings. The fraction of sp³-hybridized carbons (Fsp3) is 0.208. The first-order valence-corrected chi connectivity index (χ1v) is 19.4. The van der Waals surface area contributed by atoms with Crippen LogP contribution in [-0.2, 0) is 16.2 Å². The van der Waals surface area contributed by atoms with E-state index < -0.39 is 0 Å². The van der Waals surface area contributed by atoms with Gasteiger partial charge in [0.15, 0.2) is 0 Å². The van der Waals surface area contributed by atoms with E-state index in [0.717, 1.165) is 0 Å². The van der Waals surface area contributed by atoms with Crippen molar-refractivity contribution in [2.75, 3.05) is 0 Å². The normalized spacial score (nSPS) is 13.7. The molecule has 1 aromatic heterocycles. The van der Waals surface area contributed by atoms with Crippen LogP contribution in [0.4, 0.5) is 0 Å². The van der Waals surface area contributed by atoms with Gasteiger partial charge in [0.25, 0.3) is 0 Å². The van der Waals surface area contributed by atoms with Crippen LogP contribution in [0.3, 0.4) is 0 Å². The van der Waals surface area contributed by atoms with Gasteiger partial charge in [-0.2, -0.15) is 0 Å². The first-order valence-electron chi connectivity index (χ1n) is 19.4. The smallest absolute Gasteiger partial charge is 0.0541 e. The van der Waals surface area contributed by atoms with Gasteiger partial charge < -0.3 is 4.57 Å². The lowest BCUT2D eigenvalue weighted by molar-refractivity contribution is 0.581. The summed E-state index contributed by atoms with van der Waals surface area (Å²) in [5.41, 5.74) is 19.6. The molecule has 0 saturated heterocycles. The van der Waals surface area contributed by atoms with Gasteiger partial charge in [-0.1, -0.05) is 165 Å². The van der Waals surface area contributed by atoms with Crippen molar-refractivity contribution in [3.63, 3.8) is 0 Å². The molecule has 0 aliphatic heterocycles. The van der Waals surface area contributed by atoms with Crippen molar-refractivity contribution < 1.29 is 0 Å². The minimum Gasteiger partial charge on any atom is -0.309 e. The number of hydrogen-bond acceptors (Lipinski definition) is 0. The first-order chi connectivity index (χ1) is 25.8. The Kier molecular flexibility index (Phi) is 7.70. The average Bonchev–Trinajstić information content (AvgIpc) is 3.61. The lowest BCUT2D eigenvalue weighted by atomic mass is 9.75. The molecule has 0 amide bonds. The van der Waals surface area contributed by atoms with Gasteiger partial charge in [0.05, 0.1) is 11.0 Å². The molecule has 8 aromatic rings. The van der Waals surface area contributed by atoms with Crippen molar-refractivity contribution in [2.45, 2.75) is 71.6 Å². The largest absolute Gasteiger partial charge is 0.309 e. The summed E-state index contributed by atoms with van der Waals surface area (Å²) in [5.74, 6) is 0. The van der Waals surface area contributed by atoms with Gasteiger partial charge in [-0.3, -0.25) is 0 Å². The van der Waals surface area contributed by atoms with Crippen LogP contribution in [0, 0.1) is 0 Å². The summed E-state index contributed by atoms with van der Waals surface area (Å²) < 4.78 is 2.40. The highest BCUT2D eigenvalue weighted by molar-refractivity contribution is 6.11. The molecule has 0 N–H and O–H groups in total. The Labute approximate surface area is 321 Å². The van der Waals surface area contributed by atoms with Gasteiger partial charge in [-0.15, -0.1) is 0 Å². The van der Waals surface area contributed by atoms with E-state index in [1.54, 1.807) is 0 Å². The highest BCUT2D eigenvalue weighted by Gasteiger charge is 2.38. The molecule has 0 saturated carbocycles. The van der Waals surface area contributed by atoms with Crippen molar-refractivity contribution in [3.05, 3.63) is 174 Å². The predicted octanol–water partition coefficient (Wildman–Crippen LogP) is 14.7. The Morgan fingerprint density at radius 2 is 0.926 bits per heavy atom. The van der Waals surface area contributed by atoms with Crippen LogP contribution in [0.2, 0.25) is 0 Å². The SMILES string of the molecule is CC(C)(C)c1ccc2c(c1)C(C)(C)c1cc(C(C)(C)C)c(-c3ccc(-c4ccc5c(c4)c4cc(-c6ccccc6)ccc4n5-c4ccccc4)cc3)cc1-2. The number of fused-ring (bicyclic) bond motifs is 6. The Balaban J connectivity index is 1.16. The maximum atomic E-state index is 2.52. The average molecular weight is 700 g/mol. The third-order valence-electron chi connectivity index (χ3n) is 11.9. The van der Waals surface area contributed by atoms with Gasteiger partial charge in [-0.05, 0) is 120 Å². The van der Waals surface area contributed by atoms with E-state index in [4.69, 9.17) is 0 Å². The van der Waals surface area contributed by atoms with Crippen LogP contribution >= 0.6 is 0 Å². The number of benzene rings is 7. The zero-order chi connectivity index (χ0) is 37.6. The van der Waals surface area contributed by atoms with Crippen LogP contribution in [-0.4, -0.2) is 4.57 Å². The zero-order valence-electron chi connectivity index (χ0n) is 32.9. The van der Waals surface area contributed by atoms with Crippen molar-refractivity contribution >= 4 is 21.8 Å². The quantitative estimate of drug-likeness (QED) is 0.172. The first kappa shape index (κ1) is 34.1. The number of hydrogen-bond donors (Lipinski definition) is 0. The minimum absolute atomic E-state index is 0.0128. The predicted molar refractivity (Wildman–Crippen MR) is 232 cm³/mol. The van der Waals surface area contributed by atoms with E-state index >= 15 is 0 Å². The van der Waals surface area contributed by atoms with Crippen LogP contribution in [0.15, 0.2) is 152 Å². The standard InChI is InChI=1S/C53H49N/c1-51(2,3)39-25-26-41-43-32-42(46(52(4,5)6)33-48(43)53(7,8)47(41)31-39)36-21-19-35(20-22-36)38-24-28-50-45(30-38)44-29-37(34-15-11-9-12-16-34)23-27-49(44)54(50)40-17-13-10-14-18-40/h9-33H,1-8H3. The molecule has 266 valence electrons. The molecule has 9 rings (SSSR count). The maximum Gasteiger partial charge on any atom is 0.0541 e. The van der Waals surface area contributed by atoms with Gasteiger partial charge in [0.2, 0.25) is 0 Å². The highest BCUT2D eigenvalue weighted by atomic mass is 15.0. The van der Waals surface area contributed by atoms with E-state index in [1.807, 2.05) is 0 Å². The maximum absolute atomic E-state index is 2.52. The Morgan fingerprint density at radius 1 is 0.407 bits per heavy atom. The second-order valence-corrected chi connectivity index (χ2v) is 17.9. The van der Waals surface area contributed by atoms with E-state index in [9.17, 15) is 0 Å². The molecule has 1 heteroatoms. The van der Waals surface area contributed by atoms with Crippen LogP contribution < -0.4 is 0 Å². The molecule has 0 fully saturated rings. The van der Waals surface area contributed by atoms with Crippen LogP contribution in [0.1, 0.15) is 77.6 Å². The summed E-state index contributed by atoms with van der Waals surface area (Å²) in [4.78, 5) is 0. The van der Waals surface area contributed by atoms with Crippen molar-refractivity contribution in [3.8, 4) is 50.2 Å². The molecular weight excluding hydrogens is 651 g/mol. The summed E-state index contributed by atoms with van der Waals surface area (Å²) in [6, 6.07) is 56.8. The summed E-state index contributed by atoms with van der Waals surface area (Å²) in [6.45, 7) is 18.8. The molecule has 1 nitrogen and oxygen atoms in total. The van der Waals surface area contributed by atoms with E-state index in [0.29, 0.717) is 0 Å². The Hall–Kier alpha value is -5.66. The molecule has 7 aromatic carbocycles. The summed E-state index contributed by atoms with van der Waals surface area (Å²) in [5, 5.41) is 2.53. The number of aromatic nitrogens is 1. The monoisotopic (exact) mass is 699 g/mol. The third kappa shape index (κ3) is 5.52. The Bertz CT molecular complexity index is 2710.